The lowest BCUT2D eigenvalue weighted by atomic mass is 10.2. The Balaban J connectivity index is 1.53. The molecule has 0 saturated carbocycles. The van der Waals surface area contributed by atoms with Crippen molar-refractivity contribution in [2.75, 3.05) is 7.11 Å². The van der Waals surface area contributed by atoms with Crippen molar-refractivity contribution in [3.05, 3.63) is 125 Å². The Morgan fingerprint density at radius 3 is 2.33 bits per heavy atom. The summed E-state index contributed by atoms with van der Waals surface area (Å²) in [7, 11) is 1.56. The Hall–Kier alpha value is -5.04. The number of carbonyl (C=O) groups is 1. The average Bonchev–Trinajstić information content (AvgIpc) is 2.93. The predicted molar refractivity (Wildman–Crippen MR) is 139 cm³/mol. The van der Waals surface area contributed by atoms with Crippen molar-refractivity contribution in [3.63, 3.8) is 0 Å². The summed E-state index contributed by atoms with van der Waals surface area (Å²) in [5, 5.41) is 4.93. The van der Waals surface area contributed by atoms with Crippen molar-refractivity contribution in [1.29, 1.82) is 0 Å². The molecule has 1 heterocycles. The lowest BCUT2D eigenvalue weighted by molar-refractivity contribution is 0.0734. The lowest BCUT2D eigenvalue weighted by Gasteiger charge is -2.10. The molecule has 36 heavy (non-hydrogen) atoms. The van der Waals surface area contributed by atoms with E-state index in [0.29, 0.717) is 39.4 Å². The van der Waals surface area contributed by atoms with E-state index < -0.39 is 5.97 Å². The molecule has 0 aliphatic heterocycles. The maximum atomic E-state index is 13.4. The number of fused-ring (bicyclic) bond motifs is 1. The third-order valence-electron chi connectivity index (χ3n) is 5.55. The van der Waals surface area contributed by atoms with Crippen molar-refractivity contribution in [2.24, 2.45) is 5.10 Å². The van der Waals surface area contributed by atoms with Crippen LogP contribution in [0.25, 0.3) is 22.3 Å². The van der Waals surface area contributed by atoms with E-state index in [4.69, 9.17) is 14.5 Å². The highest BCUT2D eigenvalue weighted by molar-refractivity contribution is 5.93. The molecule has 0 saturated heterocycles. The fourth-order valence-corrected chi connectivity index (χ4v) is 3.69. The predicted octanol–water partition coefficient (Wildman–Crippen LogP) is 5.17. The van der Waals surface area contributed by atoms with Crippen LogP contribution in [-0.4, -0.2) is 29.0 Å². The van der Waals surface area contributed by atoms with Crippen LogP contribution in [0.2, 0.25) is 0 Å². The molecule has 0 amide bonds. The lowest BCUT2D eigenvalue weighted by Crippen LogP contribution is -2.20. The Kier molecular flexibility index (Phi) is 6.36. The zero-order valence-electron chi connectivity index (χ0n) is 19.4. The van der Waals surface area contributed by atoms with Crippen LogP contribution in [0.1, 0.15) is 15.9 Å². The van der Waals surface area contributed by atoms with E-state index in [2.05, 4.69) is 5.10 Å². The van der Waals surface area contributed by atoms with Crippen molar-refractivity contribution in [1.82, 2.24) is 9.66 Å². The first kappa shape index (κ1) is 22.7. The minimum Gasteiger partial charge on any atom is -0.497 e. The van der Waals surface area contributed by atoms with Crippen LogP contribution < -0.4 is 15.0 Å². The molecule has 5 aromatic rings. The van der Waals surface area contributed by atoms with Gasteiger partial charge in [0.05, 0.1) is 29.8 Å². The fourth-order valence-electron chi connectivity index (χ4n) is 3.69. The molecule has 1 aromatic heterocycles. The van der Waals surface area contributed by atoms with Gasteiger partial charge < -0.3 is 9.47 Å². The van der Waals surface area contributed by atoms with Gasteiger partial charge in [-0.15, -0.1) is 0 Å². The molecule has 0 spiro atoms. The Morgan fingerprint density at radius 2 is 1.56 bits per heavy atom. The van der Waals surface area contributed by atoms with Crippen molar-refractivity contribution < 1.29 is 14.3 Å². The van der Waals surface area contributed by atoms with Gasteiger partial charge in [-0.2, -0.15) is 9.78 Å². The van der Waals surface area contributed by atoms with E-state index in [1.54, 1.807) is 73.8 Å². The second-order valence-electron chi connectivity index (χ2n) is 7.84. The zero-order chi connectivity index (χ0) is 24.9. The van der Waals surface area contributed by atoms with Gasteiger partial charge in [-0.05, 0) is 48.5 Å². The highest BCUT2D eigenvalue weighted by Crippen LogP contribution is 2.21. The summed E-state index contributed by atoms with van der Waals surface area (Å²) in [6, 6.07) is 30.1. The molecule has 4 aromatic carbocycles. The van der Waals surface area contributed by atoms with Crippen LogP contribution >= 0.6 is 0 Å². The minimum atomic E-state index is -0.520. The largest absolute Gasteiger partial charge is 0.497 e. The van der Waals surface area contributed by atoms with E-state index in [1.165, 1.54) is 10.9 Å². The summed E-state index contributed by atoms with van der Waals surface area (Å²) >= 11 is 0. The van der Waals surface area contributed by atoms with Gasteiger partial charge in [0.15, 0.2) is 5.82 Å². The van der Waals surface area contributed by atoms with Gasteiger partial charge in [-0.1, -0.05) is 54.6 Å². The van der Waals surface area contributed by atoms with Crippen LogP contribution in [0.3, 0.4) is 0 Å². The van der Waals surface area contributed by atoms with Gasteiger partial charge in [-0.3, -0.25) is 4.79 Å². The molecular weight excluding hydrogens is 454 g/mol. The third-order valence-corrected chi connectivity index (χ3v) is 5.55. The highest BCUT2D eigenvalue weighted by atomic mass is 16.5. The molecule has 7 nitrogen and oxygen atoms in total. The number of rotatable bonds is 6. The van der Waals surface area contributed by atoms with Crippen LogP contribution in [0.5, 0.6) is 11.5 Å². The summed E-state index contributed by atoms with van der Waals surface area (Å²) in [6.45, 7) is 0. The van der Waals surface area contributed by atoms with E-state index in [9.17, 15) is 9.59 Å². The number of nitrogens with zero attached hydrogens (tertiary/aromatic N) is 3. The first-order chi connectivity index (χ1) is 17.6. The second kappa shape index (κ2) is 10.1. The number of esters is 1. The van der Waals surface area contributed by atoms with E-state index in [-0.39, 0.29) is 5.56 Å². The number of benzene rings is 4. The summed E-state index contributed by atoms with van der Waals surface area (Å²) in [4.78, 5) is 30.8. The molecule has 5 rings (SSSR count). The third kappa shape index (κ3) is 4.63. The number of hydrogen-bond donors (Lipinski definition) is 0. The van der Waals surface area contributed by atoms with E-state index in [0.717, 1.165) is 5.56 Å². The normalized spacial score (nSPS) is 11.0. The molecule has 0 fully saturated rings. The van der Waals surface area contributed by atoms with Gasteiger partial charge in [0, 0.05) is 11.1 Å². The van der Waals surface area contributed by atoms with Crippen LogP contribution in [0.4, 0.5) is 0 Å². The van der Waals surface area contributed by atoms with E-state index >= 15 is 0 Å². The first-order valence-corrected chi connectivity index (χ1v) is 11.2. The maximum Gasteiger partial charge on any atom is 0.343 e. The summed E-state index contributed by atoms with van der Waals surface area (Å²) < 4.78 is 12.0. The molecular formula is C29H21N3O4. The van der Waals surface area contributed by atoms with Crippen molar-refractivity contribution >= 4 is 23.1 Å². The molecule has 0 aliphatic carbocycles. The minimum absolute atomic E-state index is 0.302. The van der Waals surface area contributed by atoms with Crippen LogP contribution in [-0.2, 0) is 0 Å². The van der Waals surface area contributed by atoms with Crippen molar-refractivity contribution in [3.8, 4) is 22.9 Å². The number of carbonyl (C=O) groups excluding carboxylic acids is 1. The second-order valence-corrected chi connectivity index (χ2v) is 7.84. The van der Waals surface area contributed by atoms with Gasteiger partial charge in [0.2, 0.25) is 0 Å². The van der Waals surface area contributed by atoms with Gasteiger partial charge in [-0.25, -0.2) is 9.78 Å². The Morgan fingerprint density at radius 1 is 0.861 bits per heavy atom. The molecule has 0 aliphatic rings. The molecule has 0 unspecified atom stereocenters. The highest BCUT2D eigenvalue weighted by Gasteiger charge is 2.14. The SMILES string of the molecule is COc1ccc(C(=O)Oc2ccccc2C=Nn2c(-c3ccccc3)nc3ccccc3c2=O)cc1. The summed E-state index contributed by atoms with van der Waals surface area (Å²) in [5.41, 5.74) is 1.93. The molecule has 0 bridgehead atoms. The molecule has 0 N–H and O–H groups in total. The first-order valence-electron chi connectivity index (χ1n) is 11.2. The van der Waals surface area contributed by atoms with Crippen molar-refractivity contribution in [2.45, 2.75) is 0 Å². The van der Waals surface area contributed by atoms with E-state index in [1.807, 2.05) is 36.4 Å². The quantitative estimate of drug-likeness (QED) is 0.192. The van der Waals surface area contributed by atoms with Crippen LogP contribution in [0, 0.1) is 0 Å². The fraction of sp³-hybridized carbons (Fsp3) is 0.0345. The smallest absolute Gasteiger partial charge is 0.343 e. The van der Waals surface area contributed by atoms with Gasteiger partial charge >= 0.3 is 5.97 Å². The monoisotopic (exact) mass is 475 g/mol. The topological polar surface area (TPSA) is 82.8 Å². The summed E-state index contributed by atoms with van der Waals surface area (Å²) in [6.07, 6.45) is 1.49. The molecule has 7 heteroatoms. The zero-order valence-corrected chi connectivity index (χ0v) is 19.4. The molecule has 176 valence electrons. The number of methoxy groups -OCH3 is 1. The summed E-state index contributed by atoms with van der Waals surface area (Å²) in [5.74, 6) is 0.837. The number of hydrogen-bond acceptors (Lipinski definition) is 6. The molecule has 0 radical (unpaired) electrons. The average molecular weight is 476 g/mol. The number of ether oxygens (including phenoxy) is 2. The number of aromatic nitrogens is 2. The molecule has 0 atom stereocenters. The van der Waals surface area contributed by atoms with Gasteiger partial charge in [0.1, 0.15) is 11.5 Å². The number of para-hydroxylation sites is 2. The maximum absolute atomic E-state index is 13.4. The standard InChI is InChI=1S/C29H21N3O4/c1-35-23-17-15-21(16-18-23)29(34)36-26-14-8-5-11-22(26)19-30-32-27(20-9-3-2-4-10-20)31-25-13-7-6-12-24(25)28(32)33/h2-19H,1H3. The Labute approximate surface area is 206 Å². The Bertz CT molecular complexity index is 1620. The van der Waals surface area contributed by atoms with Crippen LogP contribution in [0.15, 0.2) is 113 Å². The van der Waals surface area contributed by atoms with Gasteiger partial charge in [0.25, 0.3) is 5.56 Å².